The van der Waals surface area contributed by atoms with Crippen LogP contribution in [0.1, 0.15) is 19.4 Å². The molecule has 1 unspecified atom stereocenters. The zero-order chi connectivity index (χ0) is 17.4. The fourth-order valence-corrected chi connectivity index (χ4v) is 2.25. The Kier molecular flexibility index (Phi) is 7.11. The zero-order valence-electron chi connectivity index (χ0n) is 12.9. The molecule has 1 aromatic rings. The van der Waals surface area contributed by atoms with Crippen LogP contribution in [0.3, 0.4) is 0 Å². The summed E-state index contributed by atoms with van der Waals surface area (Å²) in [5.74, 6) is 0.219. The Balaban J connectivity index is 3.28. The Labute approximate surface area is 143 Å². The molecule has 0 N–H and O–H groups in total. The van der Waals surface area contributed by atoms with Crippen LogP contribution in [0.15, 0.2) is 22.2 Å². The van der Waals surface area contributed by atoms with Crippen LogP contribution in [-0.2, 0) is 9.53 Å². The number of rotatable bonds is 6. The van der Waals surface area contributed by atoms with E-state index in [0.717, 1.165) is 0 Å². The first-order valence-electron chi connectivity index (χ1n) is 6.69. The average molecular weight is 379 g/mol. The van der Waals surface area contributed by atoms with Crippen molar-refractivity contribution in [2.45, 2.75) is 20.0 Å². The lowest BCUT2D eigenvalue weighted by molar-refractivity contribution is -0.147. The number of ether oxygens (including phenoxy) is 3. The molecule has 0 saturated carbocycles. The number of allylic oxidation sites excluding steroid dienone is 1. The van der Waals surface area contributed by atoms with Crippen LogP contribution >= 0.6 is 15.9 Å². The molecule has 6 nitrogen and oxygen atoms in total. The molecule has 0 aliphatic carbocycles. The first kappa shape index (κ1) is 18.5. The lowest BCUT2D eigenvalue weighted by Crippen LogP contribution is -2.25. The summed E-state index contributed by atoms with van der Waals surface area (Å²) in [5.41, 5.74) is 0.562. The van der Waals surface area contributed by atoms with E-state index in [0.29, 0.717) is 28.1 Å². The number of esters is 1. The van der Waals surface area contributed by atoms with Gasteiger partial charge in [-0.3, -0.25) is 0 Å². The highest BCUT2D eigenvalue weighted by Gasteiger charge is 2.20. The summed E-state index contributed by atoms with van der Waals surface area (Å²) >= 11 is 3.35. The minimum atomic E-state index is -0.814. The molecular weight excluding hydrogens is 364 g/mol. The standard InChI is InChI=1S/C16H15BrN2O4/c1-4-22-14-7-11(5-12(8-18)9-19)6-13(17)15(14)23-10(2)16(20)21-3/h5-7,10H,4H2,1-3H3. The number of nitriles is 2. The molecule has 0 radical (unpaired) electrons. The Bertz CT molecular complexity index is 685. The smallest absolute Gasteiger partial charge is 0.346 e. The molecule has 23 heavy (non-hydrogen) atoms. The molecule has 0 aromatic heterocycles. The highest BCUT2D eigenvalue weighted by molar-refractivity contribution is 9.10. The molecule has 0 saturated heterocycles. The second-order valence-corrected chi connectivity index (χ2v) is 5.18. The summed E-state index contributed by atoms with van der Waals surface area (Å²) in [4.78, 5) is 11.5. The Hall–Kier alpha value is -2.51. The van der Waals surface area contributed by atoms with E-state index in [4.69, 9.17) is 20.0 Å². The molecule has 120 valence electrons. The highest BCUT2D eigenvalue weighted by atomic mass is 79.9. The minimum absolute atomic E-state index is 0.0315. The largest absolute Gasteiger partial charge is 0.490 e. The van der Waals surface area contributed by atoms with Crippen molar-refractivity contribution in [2.75, 3.05) is 13.7 Å². The van der Waals surface area contributed by atoms with Crippen LogP contribution in [0.2, 0.25) is 0 Å². The Morgan fingerprint density at radius 2 is 2.04 bits per heavy atom. The van der Waals surface area contributed by atoms with E-state index in [1.165, 1.54) is 13.2 Å². The van der Waals surface area contributed by atoms with Gasteiger partial charge in [-0.15, -0.1) is 0 Å². The molecule has 0 amide bonds. The second-order valence-electron chi connectivity index (χ2n) is 4.33. The number of methoxy groups -OCH3 is 1. The number of nitrogens with zero attached hydrogens (tertiary/aromatic N) is 2. The van der Waals surface area contributed by atoms with Crippen LogP contribution in [0.25, 0.3) is 6.08 Å². The average Bonchev–Trinajstić information content (AvgIpc) is 2.54. The van der Waals surface area contributed by atoms with Crippen molar-refractivity contribution in [2.24, 2.45) is 0 Å². The van der Waals surface area contributed by atoms with Gasteiger partial charge in [-0.2, -0.15) is 10.5 Å². The first-order valence-corrected chi connectivity index (χ1v) is 7.48. The summed E-state index contributed by atoms with van der Waals surface area (Å²) < 4.78 is 16.3. The Morgan fingerprint density at radius 1 is 1.39 bits per heavy atom. The summed E-state index contributed by atoms with van der Waals surface area (Å²) in [6, 6.07) is 6.87. The molecule has 0 aliphatic heterocycles. The van der Waals surface area contributed by atoms with Gasteiger partial charge in [0.15, 0.2) is 17.6 Å². The van der Waals surface area contributed by atoms with Crippen molar-refractivity contribution in [3.63, 3.8) is 0 Å². The van der Waals surface area contributed by atoms with Crippen molar-refractivity contribution in [1.29, 1.82) is 10.5 Å². The summed E-state index contributed by atoms with van der Waals surface area (Å²) in [7, 11) is 1.28. The third kappa shape index (κ3) is 5.01. The fourth-order valence-electron chi connectivity index (χ4n) is 1.70. The maximum atomic E-state index is 11.5. The van der Waals surface area contributed by atoms with Gasteiger partial charge in [0.1, 0.15) is 17.7 Å². The number of halogens is 1. The van der Waals surface area contributed by atoms with E-state index >= 15 is 0 Å². The van der Waals surface area contributed by atoms with Gasteiger partial charge < -0.3 is 14.2 Å². The molecule has 0 bridgehead atoms. The monoisotopic (exact) mass is 378 g/mol. The normalized spacial score (nSPS) is 10.7. The van der Waals surface area contributed by atoms with Crippen LogP contribution in [0, 0.1) is 22.7 Å². The number of benzene rings is 1. The summed E-state index contributed by atoms with van der Waals surface area (Å²) in [6.45, 7) is 3.75. The van der Waals surface area contributed by atoms with Gasteiger partial charge in [-0.05, 0) is 53.5 Å². The van der Waals surface area contributed by atoms with E-state index in [-0.39, 0.29) is 5.57 Å². The lowest BCUT2D eigenvalue weighted by atomic mass is 10.1. The van der Waals surface area contributed by atoms with Crippen molar-refractivity contribution in [3.05, 3.63) is 27.7 Å². The molecule has 0 heterocycles. The van der Waals surface area contributed by atoms with Crippen molar-refractivity contribution < 1.29 is 19.0 Å². The lowest BCUT2D eigenvalue weighted by Gasteiger charge is -2.17. The van der Waals surface area contributed by atoms with Gasteiger partial charge in [0, 0.05) is 0 Å². The van der Waals surface area contributed by atoms with Gasteiger partial charge in [0.05, 0.1) is 18.2 Å². The van der Waals surface area contributed by atoms with Crippen LogP contribution in [-0.4, -0.2) is 25.8 Å². The Morgan fingerprint density at radius 3 is 2.57 bits per heavy atom. The van der Waals surface area contributed by atoms with E-state index in [1.807, 2.05) is 0 Å². The maximum absolute atomic E-state index is 11.5. The third-order valence-corrected chi connectivity index (χ3v) is 3.30. The topological polar surface area (TPSA) is 92.3 Å². The number of carbonyl (C=O) groups is 1. The summed E-state index contributed by atoms with van der Waals surface area (Å²) in [6.07, 6.45) is 0.617. The predicted octanol–water partition coefficient (Wildman–Crippen LogP) is 3.22. The molecule has 1 aromatic carbocycles. The van der Waals surface area contributed by atoms with E-state index in [9.17, 15) is 4.79 Å². The van der Waals surface area contributed by atoms with Gasteiger partial charge in [-0.25, -0.2) is 4.79 Å². The molecule has 7 heteroatoms. The maximum Gasteiger partial charge on any atom is 0.346 e. The van der Waals surface area contributed by atoms with Crippen LogP contribution < -0.4 is 9.47 Å². The van der Waals surface area contributed by atoms with Crippen molar-refractivity contribution in [1.82, 2.24) is 0 Å². The SMILES string of the molecule is CCOc1cc(C=C(C#N)C#N)cc(Br)c1OC(C)C(=O)OC. The number of hydrogen-bond donors (Lipinski definition) is 0. The van der Waals surface area contributed by atoms with Crippen LogP contribution in [0.5, 0.6) is 11.5 Å². The number of hydrogen-bond acceptors (Lipinski definition) is 6. The fraction of sp³-hybridized carbons (Fsp3) is 0.312. The van der Waals surface area contributed by atoms with E-state index in [2.05, 4.69) is 20.7 Å². The van der Waals surface area contributed by atoms with E-state index < -0.39 is 12.1 Å². The van der Waals surface area contributed by atoms with Crippen molar-refractivity contribution in [3.8, 4) is 23.6 Å². The molecular formula is C16H15BrN2O4. The van der Waals surface area contributed by atoms with Gasteiger partial charge in [-0.1, -0.05) is 0 Å². The van der Waals surface area contributed by atoms with Gasteiger partial charge >= 0.3 is 5.97 Å². The van der Waals surface area contributed by atoms with Crippen LogP contribution in [0.4, 0.5) is 0 Å². The minimum Gasteiger partial charge on any atom is -0.490 e. The number of carbonyl (C=O) groups excluding carboxylic acids is 1. The van der Waals surface area contributed by atoms with Crippen molar-refractivity contribution >= 4 is 28.0 Å². The molecule has 0 aliphatic rings. The quantitative estimate of drug-likeness (QED) is 0.557. The molecule has 0 spiro atoms. The third-order valence-electron chi connectivity index (χ3n) is 2.71. The van der Waals surface area contributed by atoms with Gasteiger partial charge in [0.25, 0.3) is 0 Å². The highest BCUT2D eigenvalue weighted by Crippen LogP contribution is 2.38. The molecule has 1 atom stereocenters. The predicted molar refractivity (Wildman–Crippen MR) is 86.6 cm³/mol. The second kappa shape index (κ2) is 8.82. The zero-order valence-corrected chi connectivity index (χ0v) is 14.5. The first-order chi connectivity index (χ1) is 11.0. The van der Waals surface area contributed by atoms with E-state index in [1.54, 1.807) is 38.1 Å². The van der Waals surface area contributed by atoms with Gasteiger partial charge in [0.2, 0.25) is 0 Å². The molecule has 1 rings (SSSR count). The summed E-state index contributed by atoms with van der Waals surface area (Å²) in [5, 5.41) is 17.7. The molecule has 0 fully saturated rings.